The second kappa shape index (κ2) is 7.09. The molecule has 0 radical (unpaired) electrons. The van der Waals surface area contributed by atoms with Gasteiger partial charge in [-0.2, -0.15) is 5.10 Å². The van der Waals surface area contributed by atoms with E-state index in [1.54, 1.807) is 0 Å². The van der Waals surface area contributed by atoms with Gasteiger partial charge in [-0.15, -0.1) is 0 Å². The van der Waals surface area contributed by atoms with Crippen LogP contribution < -0.4 is 5.32 Å². The van der Waals surface area contributed by atoms with E-state index in [2.05, 4.69) is 34.7 Å². The molecular weight excluding hydrogens is 370 g/mol. The minimum atomic E-state index is -1.22. The number of anilines is 1. The van der Waals surface area contributed by atoms with Crippen molar-refractivity contribution >= 4 is 17.7 Å². The lowest BCUT2D eigenvalue weighted by molar-refractivity contribution is -0.146. The van der Waals surface area contributed by atoms with Crippen molar-refractivity contribution in [3.8, 4) is 11.1 Å². The van der Waals surface area contributed by atoms with Crippen LogP contribution >= 0.6 is 0 Å². The molecule has 3 aromatic rings. The quantitative estimate of drug-likeness (QED) is 0.684. The van der Waals surface area contributed by atoms with E-state index in [9.17, 15) is 14.7 Å². The van der Waals surface area contributed by atoms with Crippen LogP contribution in [0.4, 0.5) is 10.5 Å². The van der Waals surface area contributed by atoms with E-state index in [1.165, 1.54) is 30.9 Å². The number of carboxylic acid groups (broad SMARTS) is 1. The van der Waals surface area contributed by atoms with E-state index in [0.29, 0.717) is 5.69 Å². The zero-order chi connectivity index (χ0) is 20.6. The molecular formula is C22H21N3O4. The highest BCUT2D eigenvalue weighted by Gasteiger charge is 2.31. The van der Waals surface area contributed by atoms with E-state index in [0.717, 1.165) is 22.3 Å². The standard InChI is InChI=1S/C22H21N3O4/c1-22(2,20(26)27)25-12-14(11-23-25)24-21(28)29-13-19-17-9-5-3-7-15(17)16-8-4-6-10-18(16)19/h3-12,19H,13H2,1-2H3,(H,24,28)(H,26,27). The summed E-state index contributed by atoms with van der Waals surface area (Å²) < 4.78 is 6.77. The van der Waals surface area contributed by atoms with Crippen LogP contribution in [0.3, 0.4) is 0 Å². The molecule has 4 rings (SSSR count). The molecule has 7 heteroatoms. The Kier molecular flexibility index (Phi) is 4.58. The zero-order valence-corrected chi connectivity index (χ0v) is 16.1. The molecule has 1 aliphatic rings. The first kappa shape index (κ1) is 18.7. The van der Waals surface area contributed by atoms with Gasteiger partial charge in [0, 0.05) is 12.1 Å². The number of ether oxygens (including phenoxy) is 1. The Morgan fingerprint density at radius 3 is 2.28 bits per heavy atom. The van der Waals surface area contributed by atoms with Crippen LogP contribution in [0.5, 0.6) is 0 Å². The molecule has 1 amide bonds. The third kappa shape index (κ3) is 3.35. The number of carboxylic acids is 1. The highest BCUT2D eigenvalue weighted by atomic mass is 16.5. The lowest BCUT2D eigenvalue weighted by atomic mass is 9.98. The number of nitrogens with one attached hydrogen (secondary N) is 1. The van der Waals surface area contributed by atoms with E-state index >= 15 is 0 Å². The fourth-order valence-electron chi connectivity index (χ4n) is 3.54. The summed E-state index contributed by atoms with van der Waals surface area (Å²) in [5.41, 5.74) is 3.75. The number of nitrogens with zero attached hydrogens (tertiary/aromatic N) is 2. The number of aromatic nitrogens is 2. The Morgan fingerprint density at radius 1 is 1.10 bits per heavy atom. The van der Waals surface area contributed by atoms with Crippen molar-refractivity contribution in [2.45, 2.75) is 25.3 Å². The molecule has 0 saturated heterocycles. The number of carbonyl (C=O) groups is 2. The van der Waals surface area contributed by atoms with Gasteiger partial charge in [-0.25, -0.2) is 9.59 Å². The van der Waals surface area contributed by atoms with Crippen molar-refractivity contribution in [3.05, 3.63) is 72.1 Å². The lowest BCUT2D eigenvalue weighted by Gasteiger charge is -2.19. The van der Waals surface area contributed by atoms with Crippen LogP contribution in [0, 0.1) is 0 Å². The number of hydrogen-bond donors (Lipinski definition) is 2. The average molecular weight is 391 g/mol. The van der Waals surface area contributed by atoms with E-state index in [-0.39, 0.29) is 12.5 Å². The molecule has 0 atom stereocenters. The largest absolute Gasteiger partial charge is 0.479 e. The van der Waals surface area contributed by atoms with Crippen LogP contribution in [0.15, 0.2) is 60.9 Å². The second-order valence-electron chi connectivity index (χ2n) is 7.49. The molecule has 1 aliphatic carbocycles. The molecule has 1 heterocycles. The fraction of sp³-hybridized carbons (Fsp3) is 0.227. The second-order valence-corrected chi connectivity index (χ2v) is 7.49. The van der Waals surface area contributed by atoms with Gasteiger partial charge < -0.3 is 9.84 Å². The Bertz CT molecular complexity index is 1040. The van der Waals surface area contributed by atoms with Crippen molar-refractivity contribution in [2.24, 2.45) is 0 Å². The molecule has 1 aromatic heterocycles. The molecule has 2 aromatic carbocycles. The van der Waals surface area contributed by atoms with Gasteiger partial charge in [-0.1, -0.05) is 48.5 Å². The van der Waals surface area contributed by atoms with Gasteiger partial charge in [-0.05, 0) is 36.1 Å². The zero-order valence-electron chi connectivity index (χ0n) is 16.1. The summed E-state index contributed by atoms with van der Waals surface area (Å²) in [4.78, 5) is 23.6. The number of amides is 1. The number of fused-ring (bicyclic) bond motifs is 3. The predicted molar refractivity (Wildman–Crippen MR) is 108 cm³/mol. The van der Waals surface area contributed by atoms with Crippen LogP contribution in [0.2, 0.25) is 0 Å². The van der Waals surface area contributed by atoms with Gasteiger partial charge in [0.25, 0.3) is 0 Å². The maximum Gasteiger partial charge on any atom is 0.411 e. The predicted octanol–water partition coefficient (Wildman–Crippen LogP) is 4.06. The number of hydrogen-bond acceptors (Lipinski definition) is 4. The van der Waals surface area contributed by atoms with Crippen molar-refractivity contribution in [1.29, 1.82) is 0 Å². The molecule has 7 nitrogen and oxygen atoms in total. The maximum atomic E-state index is 12.3. The highest BCUT2D eigenvalue weighted by Crippen LogP contribution is 2.44. The van der Waals surface area contributed by atoms with E-state index in [4.69, 9.17) is 4.74 Å². The molecule has 148 valence electrons. The molecule has 2 N–H and O–H groups in total. The lowest BCUT2D eigenvalue weighted by Crippen LogP contribution is -2.35. The Hall–Kier alpha value is -3.61. The Morgan fingerprint density at radius 2 is 1.69 bits per heavy atom. The van der Waals surface area contributed by atoms with Crippen LogP contribution in [0.1, 0.15) is 30.9 Å². The minimum absolute atomic E-state index is 0.0261. The molecule has 0 unspecified atom stereocenters. The maximum absolute atomic E-state index is 12.3. The first-order valence-electron chi connectivity index (χ1n) is 9.28. The monoisotopic (exact) mass is 391 g/mol. The Labute approximate surface area is 167 Å². The van der Waals surface area contributed by atoms with Crippen LogP contribution in [-0.4, -0.2) is 33.6 Å². The smallest absolute Gasteiger partial charge is 0.411 e. The molecule has 0 spiro atoms. The summed E-state index contributed by atoms with van der Waals surface area (Å²) in [6.45, 7) is 3.26. The van der Waals surface area contributed by atoms with Crippen molar-refractivity contribution in [3.63, 3.8) is 0 Å². The third-order valence-electron chi connectivity index (χ3n) is 5.27. The van der Waals surface area contributed by atoms with Gasteiger partial charge in [0.05, 0.1) is 11.9 Å². The van der Waals surface area contributed by atoms with E-state index in [1.807, 2.05) is 24.3 Å². The van der Waals surface area contributed by atoms with Gasteiger partial charge in [0.1, 0.15) is 6.61 Å². The first-order chi connectivity index (χ1) is 13.9. The third-order valence-corrected chi connectivity index (χ3v) is 5.27. The van der Waals surface area contributed by atoms with E-state index < -0.39 is 17.6 Å². The van der Waals surface area contributed by atoms with Gasteiger partial charge in [-0.3, -0.25) is 10.00 Å². The van der Waals surface area contributed by atoms with Crippen LogP contribution in [0.25, 0.3) is 11.1 Å². The minimum Gasteiger partial charge on any atom is -0.479 e. The van der Waals surface area contributed by atoms with Crippen LogP contribution in [-0.2, 0) is 15.1 Å². The summed E-state index contributed by atoms with van der Waals surface area (Å²) in [7, 11) is 0. The van der Waals surface area contributed by atoms with Gasteiger partial charge in [0.2, 0.25) is 0 Å². The topological polar surface area (TPSA) is 93.5 Å². The fourth-order valence-corrected chi connectivity index (χ4v) is 3.54. The van der Waals surface area contributed by atoms with Crippen molar-refractivity contribution in [2.75, 3.05) is 11.9 Å². The summed E-state index contributed by atoms with van der Waals surface area (Å²) in [6, 6.07) is 16.2. The number of benzene rings is 2. The number of aliphatic carboxylic acids is 1. The Balaban J connectivity index is 1.45. The van der Waals surface area contributed by atoms with Gasteiger partial charge in [0.15, 0.2) is 5.54 Å². The molecule has 0 saturated carbocycles. The van der Waals surface area contributed by atoms with Gasteiger partial charge >= 0.3 is 12.1 Å². The summed E-state index contributed by atoms with van der Waals surface area (Å²) in [5.74, 6) is -1.05. The summed E-state index contributed by atoms with van der Waals surface area (Å²) >= 11 is 0. The molecule has 0 fully saturated rings. The number of carbonyl (C=O) groups excluding carboxylic acids is 1. The normalized spacial score (nSPS) is 12.9. The summed E-state index contributed by atoms with van der Waals surface area (Å²) in [6.07, 6.45) is 2.25. The molecule has 0 bridgehead atoms. The van der Waals surface area contributed by atoms with Crippen molar-refractivity contribution in [1.82, 2.24) is 9.78 Å². The highest BCUT2D eigenvalue weighted by molar-refractivity contribution is 5.85. The number of rotatable bonds is 5. The SMILES string of the molecule is CC(C)(C(=O)O)n1cc(NC(=O)OCC2c3ccccc3-c3ccccc32)cn1. The van der Waals surface area contributed by atoms with Crippen molar-refractivity contribution < 1.29 is 19.4 Å². The molecule has 0 aliphatic heterocycles. The first-order valence-corrected chi connectivity index (χ1v) is 9.28. The molecule has 29 heavy (non-hydrogen) atoms. The summed E-state index contributed by atoms with van der Waals surface area (Å²) in [5, 5.41) is 15.9. The average Bonchev–Trinajstić information content (AvgIpc) is 3.29.